The number of hydrogen-bond donors (Lipinski definition) is 1. The van der Waals surface area contributed by atoms with Crippen LogP contribution in [0, 0.1) is 5.92 Å². The summed E-state index contributed by atoms with van der Waals surface area (Å²) in [7, 11) is 1.91. The summed E-state index contributed by atoms with van der Waals surface area (Å²) in [4.78, 5) is 15.8. The van der Waals surface area contributed by atoms with Gasteiger partial charge in [-0.15, -0.1) is 0 Å². The van der Waals surface area contributed by atoms with Gasteiger partial charge in [-0.05, 0) is 50.4 Å². The molecule has 29 heavy (non-hydrogen) atoms. The van der Waals surface area contributed by atoms with Crippen molar-refractivity contribution in [3.63, 3.8) is 0 Å². The van der Waals surface area contributed by atoms with Gasteiger partial charge in [0.05, 0.1) is 6.54 Å². The minimum atomic E-state index is -0.142. The summed E-state index contributed by atoms with van der Waals surface area (Å²) in [6.07, 6.45) is 5.98. The van der Waals surface area contributed by atoms with Gasteiger partial charge in [0, 0.05) is 31.9 Å². The topological polar surface area (TPSA) is 63.3 Å². The second kappa shape index (κ2) is 9.57. The Morgan fingerprint density at radius 2 is 1.97 bits per heavy atom. The van der Waals surface area contributed by atoms with Gasteiger partial charge in [0.1, 0.15) is 19.3 Å². The molecule has 0 aromatic heterocycles. The molecule has 3 aliphatic heterocycles. The van der Waals surface area contributed by atoms with Crippen LogP contribution in [0.5, 0.6) is 11.5 Å². The van der Waals surface area contributed by atoms with Crippen molar-refractivity contribution in [2.75, 3.05) is 58.3 Å². The number of cyclic esters (lactones) is 1. The molecule has 7 nitrogen and oxygen atoms in total. The minimum absolute atomic E-state index is 0.0892. The van der Waals surface area contributed by atoms with E-state index in [4.69, 9.17) is 14.2 Å². The maximum atomic E-state index is 11.4. The highest BCUT2D eigenvalue weighted by molar-refractivity contribution is 5.69. The van der Waals surface area contributed by atoms with Crippen LogP contribution in [0.25, 0.3) is 0 Å². The summed E-state index contributed by atoms with van der Waals surface area (Å²) in [6, 6.07) is 5.98. The van der Waals surface area contributed by atoms with E-state index in [1.165, 1.54) is 25.7 Å². The summed E-state index contributed by atoms with van der Waals surface area (Å²) >= 11 is 0. The lowest BCUT2D eigenvalue weighted by atomic mass is 9.91. The average Bonchev–Trinajstić information content (AvgIpc) is 3.16. The molecule has 0 radical (unpaired) electrons. The van der Waals surface area contributed by atoms with Crippen LogP contribution in [-0.2, 0) is 4.74 Å². The molecule has 1 aromatic rings. The molecule has 2 saturated heterocycles. The number of carbonyl (C=O) groups is 1. The van der Waals surface area contributed by atoms with Gasteiger partial charge in [0.2, 0.25) is 0 Å². The second-order valence-corrected chi connectivity index (χ2v) is 8.30. The Kier molecular flexibility index (Phi) is 6.64. The van der Waals surface area contributed by atoms with Crippen LogP contribution in [-0.4, -0.2) is 75.0 Å². The van der Waals surface area contributed by atoms with E-state index in [0.717, 1.165) is 62.2 Å². The van der Waals surface area contributed by atoms with Crippen LogP contribution in [0.2, 0.25) is 0 Å². The number of amides is 1. The Morgan fingerprint density at radius 3 is 2.72 bits per heavy atom. The number of benzene rings is 1. The van der Waals surface area contributed by atoms with Crippen molar-refractivity contribution in [2.24, 2.45) is 5.92 Å². The van der Waals surface area contributed by atoms with Crippen LogP contribution in [0.1, 0.15) is 32.1 Å². The number of carbonyl (C=O) groups excluding carboxylic acids is 1. The number of nitrogens with zero attached hydrogens (tertiary/aromatic N) is 2. The lowest BCUT2D eigenvalue weighted by molar-refractivity contribution is 0.0471. The average molecular weight is 404 g/mol. The molecule has 1 N–H and O–H groups in total. The molecule has 7 heteroatoms. The first-order valence-corrected chi connectivity index (χ1v) is 11.0. The molecule has 160 valence electrons. The van der Waals surface area contributed by atoms with Gasteiger partial charge in [-0.2, -0.15) is 0 Å². The second-order valence-electron chi connectivity index (χ2n) is 8.30. The summed E-state index contributed by atoms with van der Waals surface area (Å²) < 4.78 is 17.1. The Hall–Kier alpha value is -2.15. The van der Waals surface area contributed by atoms with Crippen molar-refractivity contribution < 1.29 is 19.0 Å². The van der Waals surface area contributed by atoms with Crippen molar-refractivity contribution in [3.8, 4) is 11.5 Å². The molecule has 1 amide bonds. The van der Waals surface area contributed by atoms with Crippen LogP contribution in [0.15, 0.2) is 18.2 Å². The maximum absolute atomic E-state index is 11.4. The zero-order chi connectivity index (χ0) is 20.1. The zero-order valence-electron chi connectivity index (χ0n) is 17.4. The van der Waals surface area contributed by atoms with Crippen molar-refractivity contribution in [2.45, 2.75) is 38.2 Å². The number of piperidine rings is 1. The minimum Gasteiger partial charge on any atom is -0.486 e. The van der Waals surface area contributed by atoms with Gasteiger partial charge in [-0.3, -0.25) is 4.90 Å². The van der Waals surface area contributed by atoms with Gasteiger partial charge in [0.25, 0.3) is 0 Å². The highest BCUT2D eigenvalue weighted by atomic mass is 16.6. The van der Waals surface area contributed by atoms with Gasteiger partial charge in [-0.25, -0.2) is 4.79 Å². The third kappa shape index (κ3) is 5.26. The Bertz CT molecular complexity index is 691. The smallest absolute Gasteiger partial charge is 0.409 e. The number of anilines is 1. The van der Waals surface area contributed by atoms with Crippen molar-refractivity contribution in [3.05, 3.63) is 18.2 Å². The van der Waals surface area contributed by atoms with E-state index in [2.05, 4.69) is 10.2 Å². The fourth-order valence-electron chi connectivity index (χ4n) is 4.47. The Morgan fingerprint density at radius 1 is 1.10 bits per heavy atom. The molecule has 3 heterocycles. The lowest BCUT2D eigenvalue weighted by Gasteiger charge is -2.35. The molecular formula is C22H33N3O4. The van der Waals surface area contributed by atoms with Crippen molar-refractivity contribution >= 4 is 11.8 Å². The van der Waals surface area contributed by atoms with Crippen LogP contribution < -0.4 is 14.8 Å². The van der Waals surface area contributed by atoms with Crippen molar-refractivity contribution in [1.29, 1.82) is 0 Å². The highest BCUT2D eigenvalue weighted by Crippen LogP contribution is 2.34. The number of likely N-dealkylation sites (tertiary alicyclic amines) is 1. The normalized spacial score (nSPS) is 22.6. The maximum Gasteiger partial charge on any atom is 0.409 e. The summed E-state index contributed by atoms with van der Waals surface area (Å²) in [6.45, 7) is 5.95. The molecule has 1 atom stereocenters. The summed E-state index contributed by atoms with van der Waals surface area (Å²) in [5.74, 6) is 2.48. The number of fused-ring (bicyclic) bond motifs is 1. The molecule has 0 saturated carbocycles. The van der Waals surface area contributed by atoms with Gasteiger partial charge < -0.3 is 24.4 Å². The number of rotatable bonds is 8. The first kappa shape index (κ1) is 20.1. The summed E-state index contributed by atoms with van der Waals surface area (Å²) in [5.41, 5.74) is 1.04. The van der Waals surface area contributed by atoms with Crippen molar-refractivity contribution in [1.82, 2.24) is 9.80 Å². The lowest BCUT2D eigenvalue weighted by Crippen LogP contribution is -2.44. The largest absolute Gasteiger partial charge is 0.486 e. The predicted octanol–water partition coefficient (Wildman–Crippen LogP) is 3.20. The van der Waals surface area contributed by atoms with Gasteiger partial charge >= 0.3 is 6.09 Å². The highest BCUT2D eigenvalue weighted by Gasteiger charge is 2.26. The fraction of sp³-hybridized carbons (Fsp3) is 0.682. The van der Waals surface area contributed by atoms with E-state index in [0.29, 0.717) is 13.2 Å². The SMILES string of the molecule is CNc1ccc2c(c1)O[C@@H](CN1CCC(CCCCN3CCOC3=O)CC1)CO2. The quantitative estimate of drug-likeness (QED) is 0.673. The van der Waals surface area contributed by atoms with Gasteiger partial charge in [0.15, 0.2) is 11.5 Å². The summed E-state index contributed by atoms with van der Waals surface area (Å²) in [5, 5.41) is 3.15. The molecule has 0 aliphatic carbocycles. The van der Waals surface area contributed by atoms with Crippen LogP contribution in [0.4, 0.5) is 10.5 Å². The molecule has 1 aromatic carbocycles. The van der Waals surface area contributed by atoms with Crippen LogP contribution in [0.3, 0.4) is 0 Å². The van der Waals surface area contributed by atoms with Crippen LogP contribution >= 0.6 is 0 Å². The zero-order valence-corrected chi connectivity index (χ0v) is 17.4. The molecule has 0 unspecified atom stereocenters. The molecule has 0 bridgehead atoms. The molecular weight excluding hydrogens is 370 g/mol. The molecule has 4 rings (SSSR count). The Labute approximate surface area is 173 Å². The molecule has 3 aliphatic rings. The predicted molar refractivity (Wildman–Crippen MR) is 112 cm³/mol. The molecule has 0 spiro atoms. The standard InChI is InChI=1S/C22H33N3O4/c1-23-18-5-6-20-21(14-18)29-19(16-28-20)15-24-10-7-17(8-11-24)4-2-3-9-25-12-13-27-22(25)26/h5-6,14,17,19,23H,2-4,7-13,15-16H2,1H3/t19-/m0/s1. The fourth-order valence-corrected chi connectivity index (χ4v) is 4.47. The van der Waals surface area contributed by atoms with E-state index in [-0.39, 0.29) is 12.2 Å². The van der Waals surface area contributed by atoms with E-state index in [1.807, 2.05) is 30.1 Å². The van der Waals surface area contributed by atoms with E-state index in [9.17, 15) is 4.79 Å². The Balaban J connectivity index is 1.13. The monoisotopic (exact) mass is 403 g/mol. The first-order chi connectivity index (χ1) is 14.2. The third-order valence-electron chi connectivity index (χ3n) is 6.26. The number of ether oxygens (including phenoxy) is 3. The van der Waals surface area contributed by atoms with E-state index >= 15 is 0 Å². The van der Waals surface area contributed by atoms with Gasteiger partial charge in [-0.1, -0.05) is 12.8 Å². The number of unbranched alkanes of at least 4 members (excludes halogenated alkanes) is 1. The number of hydrogen-bond acceptors (Lipinski definition) is 6. The molecule has 2 fully saturated rings. The van der Waals surface area contributed by atoms with E-state index < -0.39 is 0 Å². The van der Waals surface area contributed by atoms with E-state index in [1.54, 1.807) is 0 Å². The number of nitrogens with one attached hydrogen (secondary N) is 1. The third-order valence-corrected chi connectivity index (χ3v) is 6.26. The first-order valence-electron chi connectivity index (χ1n) is 11.0.